The van der Waals surface area contributed by atoms with Crippen LogP contribution in [0.25, 0.3) is 0 Å². The quantitative estimate of drug-likeness (QED) is 0.837. The fraction of sp³-hybridized carbons (Fsp3) is 0.538. The van der Waals surface area contributed by atoms with Gasteiger partial charge in [0.25, 0.3) is 5.91 Å². The van der Waals surface area contributed by atoms with Gasteiger partial charge in [0.2, 0.25) is 0 Å². The van der Waals surface area contributed by atoms with Crippen LogP contribution in [-0.2, 0) is 0 Å². The van der Waals surface area contributed by atoms with E-state index in [0.29, 0.717) is 11.5 Å². The third kappa shape index (κ3) is 2.82. The first-order valence-electron chi connectivity index (χ1n) is 6.03. The molecule has 0 saturated carbocycles. The van der Waals surface area contributed by atoms with Crippen LogP contribution >= 0.6 is 0 Å². The minimum atomic E-state index is 0.0499. The van der Waals surface area contributed by atoms with E-state index in [4.69, 9.17) is 5.11 Å². The Balaban J connectivity index is 1.99. The highest BCUT2D eigenvalue weighted by Crippen LogP contribution is 2.18. The monoisotopic (exact) mass is 234 g/mol. The molecule has 1 aliphatic rings. The fourth-order valence-corrected chi connectivity index (χ4v) is 2.10. The summed E-state index contributed by atoms with van der Waals surface area (Å²) in [4.78, 5) is 18.1. The summed E-state index contributed by atoms with van der Waals surface area (Å²) in [6.07, 6.45) is 3.42. The molecule has 2 heterocycles. The largest absolute Gasteiger partial charge is 0.396 e. The highest BCUT2D eigenvalue weighted by Gasteiger charge is 2.23. The molecule has 2 rings (SSSR count). The van der Waals surface area contributed by atoms with E-state index in [1.165, 1.54) is 0 Å². The van der Waals surface area contributed by atoms with Gasteiger partial charge in [0, 0.05) is 31.6 Å². The van der Waals surface area contributed by atoms with E-state index in [2.05, 4.69) is 4.98 Å². The van der Waals surface area contributed by atoms with Crippen molar-refractivity contribution in [3.63, 3.8) is 0 Å². The molecule has 17 heavy (non-hydrogen) atoms. The molecule has 92 valence electrons. The molecule has 1 aromatic heterocycles. The molecule has 4 nitrogen and oxygen atoms in total. The van der Waals surface area contributed by atoms with Crippen molar-refractivity contribution >= 4 is 5.91 Å². The van der Waals surface area contributed by atoms with E-state index >= 15 is 0 Å². The van der Waals surface area contributed by atoms with Gasteiger partial charge in [-0.3, -0.25) is 9.78 Å². The summed E-state index contributed by atoms with van der Waals surface area (Å²) in [5.74, 6) is 0.407. The number of carbonyl (C=O) groups excluding carboxylic acids is 1. The molecule has 0 bridgehead atoms. The number of nitrogens with zero attached hydrogens (tertiary/aromatic N) is 2. The molecular formula is C13H18N2O2. The third-order valence-corrected chi connectivity index (χ3v) is 3.32. The van der Waals surface area contributed by atoms with Gasteiger partial charge < -0.3 is 10.0 Å². The van der Waals surface area contributed by atoms with Crippen LogP contribution in [0, 0.1) is 12.8 Å². The van der Waals surface area contributed by atoms with Crippen molar-refractivity contribution in [2.24, 2.45) is 5.92 Å². The molecule has 1 N–H and O–H groups in total. The molecule has 0 spiro atoms. The van der Waals surface area contributed by atoms with Crippen LogP contribution in [0.15, 0.2) is 18.3 Å². The van der Waals surface area contributed by atoms with Crippen molar-refractivity contribution in [3.05, 3.63) is 29.6 Å². The van der Waals surface area contributed by atoms with Crippen molar-refractivity contribution < 1.29 is 9.90 Å². The van der Waals surface area contributed by atoms with E-state index in [0.717, 1.165) is 31.6 Å². The molecule has 0 atom stereocenters. The molecule has 0 aromatic carbocycles. The fourth-order valence-electron chi connectivity index (χ4n) is 2.10. The van der Waals surface area contributed by atoms with Crippen molar-refractivity contribution in [1.29, 1.82) is 0 Å². The zero-order valence-electron chi connectivity index (χ0n) is 10.1. The first-order chi connectivity index (χ1) is 8.20. The number of carbonyl (C=O) groups is 1. The minimum Gasteiger partial charge on any atom is -0.396 e. The van der Waals surface area contributed by atoms with Crippen molar-refractivity contribution in [2.45, 2.75) is 19.8 Å². The number of aromatic nitrogens is 1. The molecule has 1 aliphatic heterocycles. The number of aliphatic hydroxyl groups is 1. The predicted octanol–water partition coefficient (Wildman–Crippen LogP) is 1.23. The number of aryl methyl sites for hydroxylation is 1. The zero-order chi connectivity index (χ0) is 12.3. The Morgan fingerprint density at radius 2 is 2.18 bits per heavy atom. The second-order valence-electron chi connectivity index (χ2n) is 4.61. The summed E-state index contributed by atoms with van der Waals surface area (Å²) in [6, 6.07) is 3.68. The number of pyridine rings is 1. The van der Waals surface area contributed by atoms with Crippen LogP contribution in [0.2, 0.25) is 0 Å². The third-order valence-electron chi connectivity index (χ3n) is 3.32. The average molecular weight is 234 g/mol. The molecule has 0 radical (unpaired) electrons. The predicted molar refractivity (Wildman–Crippen MR) is 64.7 cm³/mol. The lowest BCUT2D eigenvalue weighted by Crippen LogP contribution is -2.39. The van der Waals surface area contributed by atoms with Gasteiger partial charge in [0.15, 0.2) is 0 Å². The van der Waals surface area contributed by atoms with Crippen LogP contribution in [-0.4, -0.2) is 40.6 Å². The Morgan fingerprint density at radius 3 is 2.71 bits per heavy atom. The van der Waals surface area contributed by atoms with E-state index in [1.807, 2.05) is 24.0 Å². The molecule has 1 aromatic rings. The molecular weight excluding hydrogens is 216 g/mol. The maximum absolute atomic E-state index is 12.1. The topological polar surface area (TPSA) is 53.4 Å². The van der Waals surface area contributed by atoms with Gasteiger partial charge in [0.1, 0.15) is 0 Å². The highest BCUT2D eigenvalue weighted by atomic mass is 16.3. The van der Waals surface area contributed by atoms with Gasteiger partial charge in [-0.25, -0.2) is 0 Å². The molecule has 1 amide bonds. The number of rotatable bonds is 2. The van der Waals surface area contributed by atoms with Gasteiger partial charge in [-0.15, -0.1) is 0 Å². The maximum Gasteiger partial charge on any atom is 0.255 e. The molecule has 1 saturated heterocycles. The van der Waals surface area contributed by atoms with Crippen molar-refractivity contribution in [1.82, 2.24) is 9.88 Å². The van der Waals surface area contributed by atoms with Crippen LogP contribution in [0.5, 0.6) is 0 Å². The number of hydrogen-bond acceptors (Lipinski definition) is 3. The van der Waals surface area contributed by atoms with Gasteiger partial charge in [0.05, 0.1) is 5.56 Å². The first-order valence-corrected chi connectivity index (χ1v) is 6.03. The second-order valence-corrected chi connectivity index (χ2v) is 4.61. The maximum atomic E-state index is 12.1. The zero-order valence-corrected chi connectivity index (χ0v) is 10.1. The van der Waals surface area contributed by atoms with E-state index < -0.39 is 0 Å². The van der Waals surface area contributed by atoms with Crippen molar-refractivity contribution in [2.75, 3.05) is 19.7 Å². The standard InChI is InChI=1S/C13H18N2O2/c1-10-2-3-12(8-14-10)13(17)15-6-4-11(9-16)5-7-15/h2-3,8,11,16H,4-7,9H2,1H3. The summed E-state index contributed by atoms with van der Waals surface area (Å²) in [7, 11) is 0. The highest BCUT2D eigenvalue weighted by molar-refractivity contribution is 5.93. The SMILES string of the molecule is Cc1ccc(C(=O)N2CCC(CO)CC2)cn1. The van der Waals surface area contributed by atoms with Crippen LogP contribution in [0.3, 0.4) is 0 Å². The lowest BCUT2D eigenvalue weighted by atomic mass is 9.97. The molecule has 1 fully saturated rings. The Kier molecular flexibility index (Phi) is 3.74. The Labute approximate surface area is 101 Å². The number of piperidine rings is 1. The normalized spacial score (nSPS) is 17.2. The van der Waals surface area contributed by atoms with E-state index in [-0.39, 0.29) is 12.5 Å². The summed E-state index contributed by atoms with van der Waals surface area (Å²) >= 11 is 0. The minimum absolute atomic E-state index is 0.0499. The van der Waals surface area contributed by atoms with Crippen LogP contribution in [0.4, 0.5) is 0 Å². The number of aliphatic hydroxyl groups excluding tert-OH is 1. The number of amides is 1. The van der Waals surface area contributed by atoms with Gasteiger partial charge in [-0.05, 0) is 37.8 Å². The van der Waals surface area contributed by atoms with Gasteiger partial charge in [-0.2, -0.15) is 0 Å². The van der Waals surface area contributed by atoms with Gasteiger partial charge >= 0.3 is 0 Å². The lowest BCUT2D eigenvalue weighted by Gasteiger charge is -2.31. The summed E-state index contributed by atoms with van der Waals surface area (Å²) in [6.45, 7) is 3.60. The lowest BCUT2D eigenvalue weighted by molar-refractivity contribution is 0.0650. The Morgan fingerprint density at radius 1 is 1.47 bits per heavy atom. The number of hydrogen-bond donors (Lipinski definition) is 1. The van der Waals surface area contributed by atoms with Gasteiger partial charge in [-0.1, -0.05) is 0 Å². The van der Waals surface area contributed by atoms with E-state index in [1.54, 1.807) is 6.20 Å². The van der Waals surface area contributed by atoms with E-state index in [9.17, 15) is 4.79 Å². The molecule has 0 aliphatic carbocycles. The molecule has 0 unspecified atom stereocenters. The first kappa shape index (κ1) is 12.0. The summed E-state index contributed by atoms with van der Waals surface area (Å²) < 4.78 is 0. The Bertz CT molecular complexity index is 381. The van der Waals surface area contributed by atoms with Crippen LogP contribution in [0.1, 0.15) is 28.9 Å². The molecule has 4 heteroatoms. The smallest absolute Gasteiger partial charge is 0.255 e. The van der Waals surface area contributed by atoms with Crippen LogP contribution < -0.4 is 0 Å². The second kappa shape index (κ2) is 5.27. The average Bonchev–Trinajstić information content (AvgIpc) is 2.39. The Hall–Kier alpha value is -1.42. The summed E-state index contributed by atoms with van der Waals surface area (Å²) in [5.41, 5.74) is 1.57. The van der Waals surface area contributed by atoms with Crippen molar-refractivity contribution in [3.8, 4) is 0 Å². The number of likely N-dealkylation sites (tertiary alicyclic amines) is 1. The summed E-state index contributed by atoms with van der Waals surface area (Å²) in [5, 5.41) is 9.05.